The Morgan fingerprint density at radius 3 is 2.56 bits per heavy atom. The average Bonchev–Trinajstić information content (AvgIpc) is 3.29. The average molecular weight is 497 g/mol. The van der Waals surface area contributed by atoms with Crippen molar-refractivity contribution in [3.8, 4) is 0 Å². The molecule has 198 valence electrons. The van der Waals surface area contributed by atoms with E-state index in [1.807, 2.05) is 0 Å². The Morgan fingerprint density at radius 1 is 1.08 bits per heavy atom. The minimum absolute atomic E-state index is 0.0560. The van der Waals surface area contributed by atoms with Crippen molar-refractivity contribution >= 4 is 11.9 Å². The molecule has 36 heavy (non-hydrogen) atoms. The van der Waals surface area contributed by atoms with Gasteiger partial charge in [-0.15, -0.1) is 0 Å². The van der Waals surface area contributed by atoms with Crippen LogP contribution >= 0.6 is 0 Å². The molecule has 0 radical (unpaired) electrons. The summed E-state index contributed by atoms with van der Waals surface area (Å²) in [5.41, 5.74) is 4.85. The highest BCUT2D eigenvalue weighted by Gasteiger charge is 2.59. The predicted octanol–water partition coefficient (Wildman–Crippen LogP) is 6.63. The minimum Gasteiger partial charge on any atom is -0.466 e. The maximum atomic E-state index is 11.5. The van der Waals surface area contributed by atoms with Crippen molar-refractivity contribution in [1.29, 1.82) is 0 Å². The van der Waals surface area contributed by atoms with Gasteiger partial charge in [-0.3, -0.25) is 9.59 Å². The normalized spacial score (nSPS) is 35.6. The summed E-state index contributed by atoms with van der Waals surface area (Å²) in [6.07, 6.45) is 12.2. The molecular formula is C31H44O5. The van der Waals surface area contributed by atoms with Crippen LogP contribution in [-0.2, 0) is 37.3 Å². The van der Waals surface area contributed by atoms with Gasteiger partial charge in [-0.2, -0.15) is 0 Å². The van der Waals surface area contributed by atoms with Gasteiger partial charge in [-0.05, 0) is 85.5 Å². The van der Waals surface area contributed by atoms with Crippen LogP contribution < -0.4 is 0 Å². The SMILES string of the molecule is CC(=O)OC[C@H](C)CCc1oc2c(c1C)[C@@]1(C)CC[C@H]3[C@@H](CC=C4C[C@@H](OC(C)=O)CC[C@@]43C)[C@@H]1C2. The molecule has 4 aliphatic carbocycles. The zero-order valence-electron chi connectivity index (χ0n) is 23.1. The highest BCUT2D eigenvalue weighted by Crippen LogP contribution is 2.65. The van der Waals surface area contributed by atoms with Gasteiger partial charge in [0.2, 0.25) is 0 Å². The molecular weight excluding hydrogens is 452 g/mol. The van der Waals surface area contributed by atoms with Gasteiger partial charge in [0.05, 0.1) is 6.61 Å². The fraction of sp³-hybridized carbons (Fsp3) is 0.742. The smallest absolute Gasteiger partial charge is 0.302 e. The number of rotatable bonds is 6. The van der Waals surface area contributed by atoms with Crippen molar-refractivity contribution in [2.45, 2.75) is 111 Å². The van der Waals surface area contributed by atoms with Gasteiger partial charge in [0.1, 0.15) is 17.6 Å². The molecule has 0 unspecified atom stereocenters. The number of esters is 2. The molecule has 0 N–H and O–H groups in total. The molecule has 1 heterocycles. The fourth-order valence-corrected chi connectivity index (χ4v) is 8.64. The Morgan fingerprint density at radius 2 is 1.83 bits per heavy atom. The molecule has 2 fully saturated rings. The van der Waals surface area contributed by atoms with Gasteiger partial charge in [0.25, 0.3) is 0 Å². The standard InChI is InChI=1S/C31H44O5/c1-18(17-34-20(3)32)7-10-27-19(2)29-28(36-27)16-26-24-9-8-22-15-23(35-21(4)33)11-13-30(22,5)25(24)12-14-31(26,29)6/h8,18,23-26H,7,9-17H2,1-6H3/t18-,23+,24-,25+,26+,30+,31+/m1/s1. The van der Waals surface area contributed by atoms with Crippen LogP contribution in [0.25, 0.3) is 0 Å². The molecule has 2 saturated carbocycles. The maximum absolute atomic E-state index is 11.5. The van der Waals surface area contributed by atoms with Crippen molar-refractivity contribution in [2.24, 2.45) is 29.1 Å². The van der Waals surface area contributed by atoms with Gasteiger partial charge < -0.3 is 13.9 Å². The Labute approximate surface area is 216 Å². The number of hydrogen-bond donors (Lipinski definition) is 0. The maximum Gasteiger partial charge on any atom is 0.302 e. The molecule has 0 amide bonds. The Kier molecular flexibility index (Phi) is 6.66. The lowest BCUT2D eigenvalue weighted by Crippen LogP contribution is -2.51. The second-order valence-electron chi connectivity index (χ2n) is 12.8. The third kappa shape index (κ3) is 4.24. The molecule has 0 aliphatic heterocycles. The van der Waals surface area contributed by atoms with E-state index >= 15 is 0 Å². The molecule has 5 rings (SSSR count). The van der Waals surface area contributed by atoms with Crippen LogP contribution in [0.5, 0.6) is 0 Å². The van der Waals surface area contributed by atoms with Crippen LogP contribution in [0.4, 0.5) is 0 Å². The number of fused-ring (bicyclic) bond motifs is 7. The molecule has 1 aromatic rings. The Hall–Kier alpha value is -2.04. The Bertz CT molecular complexity index is 1070. The lowest BCUT2D eigenvalue weighted by molar-refractivity contribution is -0.148. The zero-order valence-corrected chi connectivity index (χ0v) is 23.1. The number of hydrogen-bond acceptors (Lipinski definition) is 5. The Balaban J connectivity index is 1.31. The van der Waals surface area contributed by atoms with Crippen LogP contribution in [-0.4, -0.2) is 24.6 Å². The van der Waals surface area contributed by atoms with Gasteiger partial charge in [0.15, 0.2) is 0 Å². The van der Waals surface area contributed by atoms with E-state index in [1.165, 1.54) is 43.6 Å². The van der Waals surface area contributed by atoms with E-state index in [0.717, 1.165) is 50.7 Å². The number of carbonyl (C=O) groups is 2. The fourth-order valence-electron chi connectivity index (χ4n) is 8.64. The summed E-state index contributed by atoms with van der Waals surface area (Å²) in [6.45, 7) is 12.9. The first-order valence-corrected chi connectivity index (χ1v) is 14.1. The van der Waals surface area contributed by atoms with E-state index in [1.54, 1.807) is 5.57 Å². The minimum atomic E-state index is -0.208. The van der Waals surface area contributed by atoms with E-state index in [9.17, 15) is 9.59 Å². The molecule has 5 nitrogen and oxygen atoms in total. The van der Waals surface area contributed by atoms with E-state index in [2.05, 4.69) is 33.8 Å². The van der Waals surface area contributed by atoms with Gasteiger partial charge >= 0.3 is 11.9 Å². The van der Waals surface area contributed by atoms with Crippen molar-refractivity contribution in [3.05, 3.63) is 34.3 Å². The largest absolute Gasteiger partial charge is 0.466 e. The molecule has 0 spiro atoms. The van der Waals surface area contributed by atoms with E-state index in [-0.39, 0.29) is 28.9 Å². The van der Waals surface area contributed by atoms with Crippen molar-refractivity contribution in [3.63, 3.8) is 0 Å². The van der Waals surface area contributed by atoms with Crippen LogP contribution in [0.15, 0.2) is 16.1 Å². The lowest BCUT2D eigenvalue weighted by atomic mass is 9.47. The summed E-state index contributed by atoms with van der Waals surface area (Å²) in [4.78, 5) is 22.7. The molecule has 1 aromatic heterocycles. The first kappa shape index (κ1) is 25.6. The van der Waals surface area contributed by atoms with E-state index in [0.29, 0.717) is 30.3 Å². The van der Waals surface area contributed by atoms with Gasteiger partial charge in [0, 0.05) is 38.7 Å². The molecule has 0 saturated heterocycles. The summed E-state index contributed by atoms with van der Waals surface area (Å²) in [7, 11) is 0. The summed E-state index contributed by atoms with van der Waals surface area (Å²) in [6, 6.07) is 0. The monoisotopic (exact) mass is 496 g/mol. The summed E-state index contributed by atoms with van der Waals surface area (Å²) < 4.78 is 17.4. The van der Waals surface area contributed by atoms with E-state index < -0.39 is 0 Å². The first-order chi connectivity index (χ1) is 17.0. The highest BCUT2D eigenvalue weighted by atomic mass is 16.5. The number of furan rings is 1. The predicted molar refractivity (Wildman–Crippen MR) is 139 cm³/mol. The summed E-state index contributed by atoms with van der Waals surface area (Å²) in [5, 5.41) is 0. The number of allylic oxidation sites excluding steroid dienone is 1. The van der Waals surface area contributed by atoms with Crippen LogP contribution in [0.1, 0.15) is 102 Å². The third-order valence-electron chi connectivity index (χ3n) is 10.5. The summed E-state index contributed by atoms with van der Waals surface area (Å²) in [5.74, 6) is 4.38. The van der Waals surface area contributed by atoms with Crippen LogP contribution in [0.3, 0.4) is 0 Å². The molecule has 5 heteroatoms. The van der Waals surface area contributed by atoms with Gasteiger partial charge in [-0.25, -0.2) is 0 Å². The number of aryl methyl sites for hydroxylation is 1. The van der Waals surface area contributed by atoms with E-state index in [4.69, 9.17) is 13.9 Å². The molecule has 0 aromatic carbocycles. The first-order valence-electron chi connectivity index (χ1n) is 14.1. The van der Waals surface area contributed by atoms with Crippen molar-refractivity contribution in [1.82, 2.24) is 0 Å². The van der Waals surface area contributed by atoms with Crippen LogP contribution in [0, 0.1) is 36.0 Å². The highest BCUT2D eigenvalue weighted by molar-refractivity contribution is 5.66. The molecule has 7 atom stereocenters. The number of carbonyl (C=O) groups excluding carboxylic acids is 2. The quantitative estimate of drug-likeness (QED) is 0.327. The zero-order chi connectivity index (χ0) is 25.8. The topological polar surface area (TPSA) is 65.7 Å². The second kappa shape index (κ2) is 9.36. The van der Waals surface area contributed by atoms with Gasteiger partial charge in [-0.1, -0.05) is 32.4 Å². The number of ether oxygens (including phenoxy) is 2. The van der Waals surface area contributed by atoms with Crippen molar-refractivity contribution < 1.29 is 23.5 Å². The second-order valence-corrected chi connectivity index (χ2v) is 12.8. The van der Waals surface area contributed by atoms with Crippen LogP contribution in [0.2, 0.25) is 0 Å². The lowest BCUT2D eigenvalue weighted by Gasteiger charge is -2.57. The third-order valence-corrected chi connectivity index (χ3v) is 10.5. The molecule has 4 aliphatic rings. The summed E-state index contributed by atoms with van der Waals surface area (Å²) >= 11 is 0. The van der Waals surface area contributed by atoms with Crippen molar-refractivity contribution in [2.75, 3.05) is 6.61 Å². The molecule has 0 bridgehead atoms.